The predicted octanol–water partition coefficient (Wildman–Crippen LogP) is 4.90. The maximum Gasteiger partial charge on any atom is 0.306 e. The van der Waals surface area contributed by atoms with Crippen LogP contribution in [0.5, 0.6) is 11.5 Å². The number of carbonyl (C=O) groups is 1. The van der Waals surface area contributed by atoms with Crippen molar-refractivity contribution < 1.29 is 19.0 Å². The van der Waals surface area contributed by atoms with Gasteiger partial charge < -0.3 is 19.5 Å². The second-order valence-electron chi connectivity index (χ2n) is 7.20. The minimum absolute atomic E-state index is 0.160. The van der Waals surface area contributed by atoms with Gasteiger partial charge in [-0.1, -0.05) is 71.2 Å². The molecule has 1 aromatic rings. The minimum atomic E-state index is -0.349. The lowest BCUT2D eigenvalue weighted by atomic mass is 10.1. The lowest BCUT2D eigenvalue weighted by Crippen LogP contribution is -2.38. The van der Waals surface area contributed by atoms with E-state index in [1.54, 1.807) is 6.08 Å². The summed E-state index contributed by atoms with van der Waals surface area (Å²) in [5, 5.41) is 3.32. The summed E-state index contributed by atoms with van der Waals surface area (Å²) < 4.78 is 17.2. The third kappa shape index (κ3) is 11.0. The number of benzene rings is 1. The largest absolute Gasteiger partial charge is 0.486 e. The smallest absolute Gasteiger partial charge is 0.306 e. The number of unbranched alkanes of at least 4 members (excludes halogenated alkanes) is 4. The van der Waals surface area contributed by atoms with Gasteiger partial charge in [-0.3, -0.25) is 4.79 Å². The van der Waals surface area contributed by atoms with Crippen LogP contribution in [0.15, 0.2) is 36.9 Å². The van der Waals surface area contributed by atoms with Gasteiger partial charge in [0.25, 0.3) is 0 Å². The fourth-order valence-electron chi connectivity index (χ4n) is 2.64. The molecule has 0 fully saturated rings. The van der Waals surface area contributed by atoms with Gasteiger partial charge in [-0.15, -0.1) is 0 Å². The van der Waals surface area contributed by atoms with E-state index in [0.717, 1.165) is 12.8 Å². The zero-order valence-electron chi connectivity index (χ0n) is 17.7. The van der Waals surface area contributed by atoms with Crippen molar-refractivity contribution in [1.29, 1.82) is 0 Å². The maximum atomic E-state index is 12.2. The normalized spacial score (nSPS) is 11.9. The van der Waals surface area contributed by atoms with E-state index in [4.69, 9.17) is 14.2 Å². The van der Waals surface area contributed by atoms with Crippen molar-refractivity contribution in [1.82, 2.24) is 5.32 Å². The van der Waals surface area contributed by atoms with E-state index in [2.05, 4.69) is 32.7 Å². The quantitative estimate of drug-likeness (QED) is 0.247. The fraction of sp³-hybridized carbons (Fsp3) is 0.609. The van der Waals surface area contributed by atoms with Crippen molar-refractivity contribution in [2.24, 2.45) is 0 Å². The number of nitrogens with one attached hydrogen (secondary N) is 1. The highest BCUT2D eigenvalue weighted by Crippen LogP contribution is 2.26. The first-order valence-corrected chi connectivity index (χ1v) is 10.4. The van der Waals surface area contributed by atoms with Crippen LogP contribution in [0, 0.1) is 0 Å². The summed E-state index contributed by atoms with van der Waals surface area (Å²) in [6, 6.07) is 7.78. The van der Waals surface area contributed by atoms with Gasteiger partial charge in [0.05, 0.1) is 0 Å². The van der Waals surface area contributed by atoms with Gasteiger partial charge in [0, 0.05) is 19.0 Å². The summed E-state index contributed by atoms with van der Waals surface area (Å²) in [5.74, 6) is 1.13. The molecule has 158 valence electrons. The highest BCUT2D eigenvalue weighted by molar-refractivity contribution is 5.69. The number of rotatable bonds is 16. The molecule has 0 aromatic heterocycles. The van der Waals surface area contributed by atoms with Crippen molar-refractivity contribution in [3.63, 3.8) is 0 Å². The topological polar surface area (TPSA) is 56.8 Å². The first-order valence-electron chi connectivity index (χ1n) is 10.4. The molecule has 0 aliphatic heterocycles. The number of esters is 1. The van der Waals surface area contributed by atoms with E-state index in [9.17, 15) is 4.79 Å². The third-order valence-corrected chi connectivity index (χ3v) is 4.17. The van der Waals surface area contributed by atoms with E-state index in [1.807, 2.05) is 24.3 Å². The zero-order chi connectivity index (χ0) is 20.6. The number of hydrogen-bond acceptors (Lipinski definition) is 5. The summed E-state index contributed by atoms with van der Waals surface area (Å²) in [7, 11) is 0. The molecule has 5 heteroatoms. The zero-order valence-corrected chi connectivity index (χ0v) is 17.7. The molecular formula is C23H37NO4. The molecule has 0 amide bonds. The minimum Gasteiger partial charge on any atom is -0.486 e. The number of ether oxygens (including phenoxy) is 3. The van der Waals surface area contributed by atoms with E-state index in [-0.39, 0.29) is 18.7 Å². The van der Waals surface area contributed by atoms with Gasteiger partial charge in [-0.25, -0.2) is 0 Å². The molecule has 1 N–H and O–H groups in total. The highest BCUT2D eigenvalue weighted by atomic mass is 16.6. The Bertz CT molecular complexity index is 559. The van der Waals surface area contributed by atoms with Crippen molar-refractivity contribution in [2.45, 2.75) is 71.4 Å². The molecule has 0 bridgehead atoms. The Labute approximate surface area is 170 Å². The van der Waals surface area contributed by atoms with E-state index < -0.39 is 0 Å². The number of carbonyl (C=O) groups excluding carboxylic acids is 1. The Morgan fingerprint density at radius 2 is 1.79 bits per heavy atom. The van der Waals surface area contributed by atoms with Gasteiger partial charge in [-0.05, 0) is 18.6 Å². The Kier molecular flexibility index (Phi) is 12.9. The molecule has 1 aromatic carbocycles. The molecule has 0 aliphatic carbocycles. The van der Waals surface area contributed by atoms with Crippen LogP contribution in [-0.2, 0) is 9.53 Å². The van der Waals surface area contributed by atoms with E-state index in [1.165, 1.54) is 19.3 Å². The maximum absolute atomic E-state index is 12.2. The Morgan fingerprint density at radius 1 is 1.11 bits per heavy atom. The molecule has 0 saturated carbocycles. The van der Waals surface area contributed by atoms with Crippen molar-refractivity contribution in [3.05, 3.63) is 36.9 Å². The molecule has 0 radical (unpaired) electrons. The van der Waals surface area contributed by atoms with Gasteiger partial charge in [-0.2, -0.15) is 0 Å². The van der Waals surface area contributed by atoms with Crippen LogP contribution in [0.3, 0.4) is 0 Å². The summed E-state index contributed by atoms with van der Waals surface area (Å²) in [5.41, 5.74) is 0. The summed E-state index contributed by atoms with van der Waals surface area (Å²) in [4.78, 5) is 12.2. The molecular weight excluding hydrogens is 354 g/mol. The van der Waals surface area contributed by atoms with Gasteiger partial charge >= 0.3 is 5.97 Å². The second kappa shape index (κ2) is 15.0. The Morgan fingerprint density at radius 3 is 2.43 bits per heavy atom. The number of para-hydroxylation sites is 2. The average Bonchev–Trinajstić information content (AvgIpc) is 2.68. The Hall–Kier alpha value is -2.01. The highest BCUT2D eigenvalue weighted by Gasteiger charge is 2.17. The predicted molar refractivity (Wildman–Crippen MR) is 114 cm³/mol. The summed E-state index contributed by atoms with van der Waals surface area (Å²) >= 11 is 0. The summed E-state index contributed by atoms with van der Waals surface area (Å²) in [6.07, 6.45) is 7.34. The molecule has 1 unspecified atom stereocenters. The first kappa shape index (κ1) is 24.0. The molecule has 5 nitrogen and oxygen atoms in total. The molecule has 28 heavy (non-hydrogen) atoms. The van der Waals surface area contributed by atoms with Crippen LogP contribution in [0.25, 0.3) is 0 Å². The standard InChI is InChI=1S/C23H37NO4/c1-5-7-8-9-10-15-23(25)28-20(17-24-19(3)4)18-27-22-14-12-11-13-21(22)26-16-6-2/h6,11-14,19-20,24H,2,5,7-10,15-18H2,1,3-4H3. The Balaban J connectivity index is 2.55. The number of hydrogen-bond donors (Lipinski definition) is 1. The van der Waals surface area contributed by atoms with E-state index >= 15 is 0 Å². The monoisotopic (exact) mass is 391 g/mol. The third-order valence-electron chi connectivity index (χ3n) is 4.17. The van der Waals surface area contributed by atoms with E-state index in [0.29, 0.717) is 37.1 Å². The van der Waals surface area contributed by atoms with Crippen molar-refractivity contribution in [3.8, 4) is 11.5 Å². The second-order valence-corrected chi connectivity index (χ2v) is 7.20. The van der Waals surface area contributed by atoms with Crippen LogP contribution >= 0.6 is 0 Å². The lowest BCUT2D eigenvalue weighted by Gasteiger charge is -2.21. The van der Waals surface area contributed by atoms with Crippen LogP contribution in [-0.4, -0.2) is 37.9 Å². The first-order chi connectivity index (χ1) is 13.6. The molecule has 0 saturated heterocycles. The molecule has 0 heterocycles. The average molecular weight is 392 g/mol. The molecule has 1 atom stereocenters. The van der Waals surface area contributed by atoms with Crippen LogP contribution in [0.4, 0.5) is 0 Å². The molecule has 0 aliphatic rings. The van der Waals surface area contributed by atoms with Crippen LogP contribution < -0.4 is 14.8 Å². The summed E-state index contributed by atoms with van der Waals surface area (Å²) in [6.45, 7) is 11.2. The van der Waals surface area contributed by atoms with Crippen LogP contribution in [0.1, 0.15) is 59.3 Å². The SMILES string of the molecule is C=CCOc1ccccc1OCC(CNC(C)C)OC(=O)CCCCCCC. The molecule has 0 spiro atoms. The van der Waals surface area contributed by atoms with Crippen LogP contribution in [0.2, 0.25) is 0 Å². The van der Waals surface area contributed by atoms with Crippen molar-refractivity contribution in [2.75, 3.05) is 19.8 Å². The van der Waals surface area contributed by atoms with Gasteiger partial charge in [0.2, 0.25) is 0 Å². The van der Waals surface area contributed by atoms with Crippen molar-refractivity contribution >= 4 is 5.97 Å². The fourth-order valence-corrected chi connectivity index (χ4v) is 2.64. The van der Waals surface area contributed by atoms with Gasteiger partial charge in [0.1, 0.15) is 19.3 Å². The lowest BCUT2D eigenvalue weighted by molar-refractivity contribution is -0.150. The van der Waals surface area contributed by atoms with Gasteiger partial charge in [0.15, 0.2) is 11.5 Å². The molecule has 1 rings (SSSR count).